The highest BCUT2D eigenvalue weighted by molar-refractivity contribution is 6.37. The monoisotopic (exact) mass is 659 g/mol. The Hall–Kier alpha value is -6.90. The third-order valence-electron chi connectivity index (χ3n) is 11.3. The molecule has 0 N–H and O–H groups in total. The lowest BCUT2D eigenvalue weighted by molar-refractivity contribution is 0.669. The molecule has 0 saturated heterocycles. The summed E-state index contributed by atoms with van der Waals surface area (Å²) in [6.07, 6.45) is 0. The maximum atomic E-state index is 6.48. The molecule has 0 aliphatic carbocycles. The van der Waals surface area contributed by atoms with E-state index in [2.05, 4.69) is 175 Å². The van der Waals surface area contributed by atoms with Crippen LogP contribution in [0.3, 0.4) is 0 Å². The lowest BCUT2D eigenvalue weighted by Gasteiger charge is -2.28. The van der Waals surface area contributed by atoms with Crippen molar-refractivity contribution >= 4 is 114 Å². The highest BCUT2D eigenvalue weighted by Crippen LogP contribution is 2.47. The van der Waals surface area contributed by atoms with E-state index >= 15 is 0 Å². The van der Waals surface area contributed by atoms with E-state index in [0.29, 0.717) is 0 Å². The highest BCUT2D eigenvalue weighted by Gasteiger charge is 2.21. The Labute approximate surface area is 298 Å². The van der Waals surface area contributed by atoms with Gasteiger partial charge in [0.15, 0.2) is 0 Å². The minimum Gasteiger partial charge on any atom is -0.456 e. The van der Waals surface area contributed by atoms with Gasteiger partial charge in [-0.2, -0.15) is 0 Å². The van der Waals surface area contributed by atoms with Gasteiger partial charge in [-0.05, 0) is 106 Å². The molecule has 0 spiro atoms. The van der Waals surface area contributed by atoms with Crippen LogP contribution in [0.25, 0.3) is 97.3 Å². The number of nitrogens with zero attached hydrogens (tertiary/aromatic N) is 1. The summed E-state index contributed by atoms with van der Waals surface area (Å²) in [6.45, 7) is 0. The van der Waals surface area contributed by atoms with Crippen LogP contribution >= 0.6 is 0 Å². The Balaban J connectivity index is 1.27. The number of anilines is 3. The molecule has 12 rings (SSSR count). The summed E-state index contributed by atoms with van der Waals surface area (Å²) in [5.74, 6) is 0. The smallest absolute Gasteiger partial charge is 0.137 e. The number of furan rings is 1. The summed E-state index contributed by atoms with van der Waals surface area (Å²) >= 11 is 0. The predicted octanol–water partition coefficient (Wildman–Crippen LogP) is 14.6. The normalized spacial score (nSPS) is 12.2. The summed E-state index contributed by atoms with van der Waals surface area (Å²) in [5.41, 5.74) is 5.05. The van der Waals surface area contributed by atoms with E-state index in [1.807, 2.05) is 6.07 Å². The number of benzene rings is 10. The highest BCUT2D eigenvalue weighted by atomic mass is 16.3. The second kappa shape index (κ2) is 10.3. The van der Waals surface area contributed by atoms with Crippen molar-refractivity contribution in [2.75, 3.05) is 4.90 Å². The van der Waals surface area contributed by atoms with Crippen molar-refractivity contribution in [2.45, 2.75) is 0 Å². The number of hydrogen-bond donors (Lipinski definition) is 0. The Morgan fingerprint density at radius 3 is 1.54 bits per heavy atom. The van der Waals surface area contributed by atoms with Crippen LogP contribution in [0.1, 0.15) is 0 Å². The topological polar surface area (TPSA) is 16.4 Å². The van der Waals surface area contributed by atoms with Gasteiger partial charge in [0.05, 0.1) is 5.69 Å². The minimum absolute atomic E-state index is 0.878. The van der Waals surface area contributed by atoms with E-state index in [9.17, 15) is 0 Å². The molecule has 12 aromatic rings. The van der Waals surface area contributed by atoms with E-state index in [1.54, 1.807) is 0 Å². The standard InChI is InChI=1S/C50H29NO/c1-2-14-37-30(9-1)10-8-19-44(37)51(35-25-26-39-38-15-3-4-20-45(38)52-46(39)29-35)36-27-34-24-23-33-12-6-17-41-40-16-5-11-31-21-22-32-13-7-18-42(49(32)47(31)40)43(28-36)50(34)48(33)41/h1-29H. The molecule has 0 fully saturated rings. The van der Waals surface area contributed by atoms with Gasteiger partial charge in [0, 0.05) is 33.6 Å². The van der Waals surface area contributed by atoms with Crippen molar-refractivity contribution in [2.24, 2.45) is 0 Å². The average molecular weight is 660 g/mol. The second-order valence-electron chi connectivity index (χ2n) is 14.0. The van der Waals surface area contributed by atoms with E-state index in [0.717, 1.165) is 39.0 Å². The molecule has 0 saturated carbocycles. The molecule has 1 aromatic heterocycles. The molecule has 0 amide bonds. The van der Waals surface area contributed by atoms with Gasteiger partial charge in [0.1, 0.15) is 11.2 Å². The summed E-state index contributed by atoms with van der Waals surface area (Å²) in [4.78, 5) is 2.43. The third kappa shape index (κ3) is 3.78. The van der Waals surface area contributed by atoms with Crippen LogP contribution in [-0.2, 0) is 0 Å². The molecule has 0 unspecified atom stereocenters. The van der Waals surface area contributed by atoms with Crippen LogP contribution in [0, 0.1) is 0 Å². The van der Waals surface area contributed by atoms with Gasteiger partial charge in [-0.1, -0.05) is 133 Å². The lowest BCUT2D eigenvalue weighted by Crippen LogP contribution is -2.10. The third-order valence-corrected chi connectivity index (χ3v) is 11.3. The van der Waals surface area contributed by atoms with Gasteiger partial charge in [-0.15, -0.1) is 0 Å². The molecule has 2 nitrogen and oxygen atoms in total. The first-order chi connectivity index (χ1) is 25.8. The summed E-state index contributed by atoms with van der Waals surface area (Å²) in [6, 6.07) is 64.6. The SMILES string of the molecule is c1ccc2c(N(c3ccc4c(c3)oc3ccccc34)c3cc4ccc5cccc6c7cccc8ccc9cccc(c(c3)c4c56)c9c87)cccc2c1. The first-order valence-corrected chi connectivity index (χ1v) is 17.9. The van der Waals surface area contributed by atoms with Crippen molar-refractivity contribution < 1.29 is 4.42 Å². The van der Waals surface area contributed by atoms with Crippen molar-refractivity contribution in [1.82, 2.24) is 0 Å². The summed E-state index contributed by atoms with van der Waals surface area (Å²) in [7, 11) is 0. The fourth-order valence-corrected chi connectivity index (χ4v) is 9.08. The fourth-order valence-electron chi connectivity index (χ4n) is 9.08. The van der Waals surface area contributed by atoms with Crippen molar-refractivity contribution in [3.05, 3.63) is 176 Å². The van der Waals surface area contributed by atoms with Gasteiger partial charge in [-0.3, -0.25) is 0 Å². The molecule has 240 valence electrons. The largest absolute Gasteiger partial charge is 0.456 e. The zero-order valence-electron chi connectivity index (χ0n) is 28.1. The molecule has 0 aliphatic heterocycles. The number of rotatable bonds is 3. The fraction of sp³-hybridized carbons (Fsp3) is 0. The van der Waals surface area contributed by atoms with E-state index < -0.39 is 0 Å². The van der Waals surface area contributed by atoms with Crippen LogP contribution in [0.2, 0.25) is 0 Å². The summed E-state index contributed by atoms with van der Waals surface area (Å²) < 4.78 is 6.48. The van der Waals surface area contributed by atoms with Crippen LogP contribution in [0.15, 0.2) is 180 Å². The van der Waals surface area contributed by atoms with E-state index in [-0.39, 0.29) is 0 Å². The molecule has 11 aromatic carbocycles. The quantitative estimate of drug-likeness (QED) is 0.176. The first kappa shape index (κ1) is 27.9. The Morgan fingerprint density at radius 2 is 0.808 bits per heavy atom. The zero-order valence-corrected chi connectivity index (χ0v) is 28.1. The van der Waals surface area contributed by atoms with Crippen molar-refractivity contribution in [1.29, 1.82) is 0 Å². The van der Waals surface area contributed by atoms with E-state index in [1.165, 1.54) is 75.4 Å². The van der Waals surface area contributed by atoms with Crippen LogP contribution in [-0.4, -0.2) is 0 Å². The van der Waals surface area contributed by atoms with E-state index in [4.69, 9.17) is 4.42 Å². The maximum absolute atomic E-state index is 6.48. The Kier molecular flexibility index (Phi) is 5.53. The first-order valence-electron chi connectivity index (χ1n) is 17.9. The van der Waals surface area contributed by atoms with Gasteiger partial charge in [0.2, 0.25) is 0 Å². The molecule has 0 radical (unpaired) electrons. The van der Waals surface area contributed by atoms with Gasteiger partial charge >= 0.3 is 0 Å². The molecule has 0 bridgehead atoms. The number of hydrogen-bond acceptors (Lipinski definition) is 2. The minimum atomic E-state index is 0.878. The van der Waals surface area contributed by atoms with Crippen molar-refractivity contribution in [3.8, 4) is 0 Å². The molecule has 0 aliphatic rings. The molecular weight excluding hydrogens is 631 g/mol. The molecule has 52 heavy (non-hydrogen) atoms. The van der Waals surface area contributed by atoms with Crippen LogP contribution < -0.4 is 4.90 Å². The summed E-state index contributed by atoms with van der Waals surface area (Å²) in [5, 5.41) is 19.9. The van der Waals surface area contributed by atoms with Crippen LogP contribution in [0.4, 0.5) is 17.1 Å². The molecule has 2 heteroatoms. The Bertz CT molecular complexity index is 3410. The zero-order chi connectivity index (χ0) is 33.9. The van der Waals surface area contributed by atoms with Gasteiger partial charge in [-0.25, -0.2) is 0 Å². The number of fused-ring (bicyclic) bond motifs is 6. The van der Waals surface area contributed by atoms with Crippen LogP contribution in [0.5, 0.6) is 0 Å². The number of para-hydroxylation sites is 1. The van der Waals surface area contributed by atoms with Crippen molar-refractivity contribution in [3.63, 3.8) is 0 Å². The molecule has 1 heterocycles. The lowest BCUT2D eigenvalue weighted by atomic mass is 9.87. The molecular formula is C50H29NO. The Morgan fingerprint density at radius 1 is 0.288 bits per heavy atom. The molecule has 0 atom stereocenters. The maximum Gasteiger partial charge on any atom is 0.137 e. The predicted molar refractivity (Wildman–Crippen MR) is 222 cm³/mol. The average Bonchev–Trinajstić information content (AvgIpc) is 3.57. The second-order valence-corrected chi connectivity index (χ2v) is 14.0. The van der Waals surface area contributed by atoms with Gasteiger partial charge in [0.25, 0.3) is 0 Å². The van der Waals surface area contributed by atoms with Gasteiger partial charge < -0.3 is 9.32 Å².